The highest BCUT2D eigenvalue weighted by atomic mass is 19.4. The Morgan fingerprint density at radius 2 is 0.984 bits per heavy atom. The molecule has 0 unspecified atom stereocenters. The number of unbranched alkanes of at least 4 members (excludes halogenated alkanes) is 1. The van der Waals surface area contributed by atoms with Gasteiger partial charge in [0.1, 0.15) is 6.04 Å². The molecule has 3 aromatic carbocycles. The number of aliphatic imine (C=N–C) groups is 1. The second-order valence-electron chi connectivity index (χ2n) is 13.2. The number of halogens is 6. The van der Waals surface area contributed by atoms with Crippen molar-refractivity contribution >= 4 is 41.8 Å². The van der Waals surface area contributed by atoms with Gasteiger partial charge in [0.15, 0.2) is 5.96 Å². The number of carbonyl (C=O) groups excluding carboxylic acids is 4. The fourth-order valence-electron chi connectivity index (χ4n) is 5.05. The highest BCUT2D eigenvalue weighted by molar-refractivity contribution is 5.92. The van der Waals surface area contributed by atoms with Crippen LogP contribution in [0.2, 0.25) is 0 Å². The molecule has 6 amide bonds. The molecule has 0 heterocycles. The quantitative estimate of drug-likeness (QED) is 0.0339. The number of nitrogens with two attached hydrogens (primary N) is 3. The predicted octanol–water partition coefficient (Wildman–Crippen LogP) is 2.78. The largest absolute Gasteiger partial charge is 0.490 e. The molecule has 1 atom stereocenters. The second-order valence-corrected chi connectivity index (χ2v) is 13.2. The summed E-state index contributed by atoms with van der Waals surface area (Å²) in [7, 11) is 0. The zero-order chi connectivity index (χ0) is 48.1. The van der Waals surface area contributed by atoms with Crippen LogP contribution in [0.1, 0.15) is 53.9 Å². The highest BCUT2D eigenvalue weighted by Gasteiger charge is 2.39. The molecule has 0 bridgehead atoms. The van der Waals surface area contributed by atoms with Gasteiger partial charge < -0.3 is 59.3 Å². The normalized spacial score (nSPS) is 11.2. The third kappa shape index (κ3) is 24.4. The van der Waals surface area contributed by atoms with Crippen molar-refractivity contribution in [1.29, 1.82) is 0 Å². The van der Waals surface area contributed by atoms with Crippen molar-refractivity contribution in [2.75, 3.05) is 32.7 Å². The number of guanidine groups is 1. The number of carboxylic acids is 2. The third-order valence-electron chi connectivity index (χ3n) is 8.14. The Bertz CT molecular complexity index is 1860. The summed E-state index contributed by atoms with van der Waals surface area (Å²) in [6.07, 6.45) is -7.91. The van der Waals surface area contributed by atoms with Gasteiger partial charge in [-0.3, -0.25) is 14.6 Å². The van der Waals surface area contributed by atoms with Crippen molar-refractivity contribution in [2.45, 2.75) is 63.1 Å². The van der Waals surface area contributed by atoms with Crippen LogP contribution in [-0.2, 0) is 32.3 Å². The van der Waals surface area contributed by atoms with E-state index in [0.29, 0.717) is 58.5 Å². The van der Waals surface area contributed by atoms with Crippen LogP contribution in [0.3, 0.4) is 0 Å². The minimum absolute atomic E-state index is 0.0334. The van der Waals surface area contributed by atoms with E-state index in [0.717, 1.165) is 28.7 Å². The Morgan fingerprint density at radius 3 is 1.39 bits per heavy atom. The summed E-state index contributed by atoms with van der Waals surface area (Å²) in [5.41, 5.74) is 19.7. The molecule has 0 saturated heterocycles. The number of hydrogen-bond donors (Lipinski definition) is 11. The molecule has 14 N–H and O–H groups in total. The first-order valence-corrected chi connectivity index (χ1v) is 19.3. The maximum Gasteiger partial charge on any atom is 0.490 e. The Balaban J connectivity index is 0.00000126. The van der Waals surface area contributed by atoms with E-state index >= 15 is 0 Å². The minimum atomic E-state index is -5.08. The van der Waals surface area contributed by atoms with Crippen molar-refractivity contribution in [1.82, 2.24) is 31.9 Å². The summed E-state index contributed by atoms with van der Waals surface area (Å²) in [6.45, 7) is 2.69. The van der Waals surface area contributed by atoms with E-state index in [9.17, 15) is 45.5 Å². The van der Waals surface area contributed by atoms with Crippen LogP contribution < -0.4 is 49.1 Å². The molecule has 0 aliphatic carbocycles. The maximum absolute atomic E-state index is 13.8. The predicted molar refractivity (Wildman–Crippen MR) is 222 cm³/mol. The lowest BCUT2D eigenvalue weighted by Gasteiger charge is -2.23. The lowest BCUT2D eigenvalue weighted by molar-refractivity contribution is -0.193. The van der Waals surface area contributed by atoms with E-state index in [1.54, 1.807) is 0 Å². The first kappa shape index (κ1) is 54.9. The summed E-state index contributed by atoms with van der Waals surface area (Å²) < 4.78 is 63.5. The Kier molecular flexibility index (Phi) is 25.1. The summed E-state index contributed by atoms with van der Waals surface area (Å²) in [6, 6.07) is 25.0. The van der Waals surface area contributed by atoms with Crippen molar-refractivity contribution in [3.8, 4) is 0 Å². The molecule has 3 rings (SSSR count). The van der Waals surface area contributed by atoms with Gasteiger partial charge >= 0.3 is 36.4 Å². The number of alkyl halides is 6. The SMILES string of the molecule is NCCNC(=O)NCCCCNC(=O)NCc1ccc(CNC(=O)[C@@H](CCCN=C(N)N)NC(=O)C(c2ccccc2)c2ccccc2)cc1.O=C(O)C(F)(F)F.O=C(O)C(F)(F)F. The first-order valence-electron chi connectivity index (χ1n) is 19.3. The van der Waals surface area contributed by atoms with Gasteiger partial charge in [-0.2, -0.15) is 26.3 Å². The number of benzene rings is 3. The average Bonchev–Trinajstić information content (AvgIpc) is 3.24. The van der Waals surface area contributed by atoms with Crippen LogP contribution in [0.15, 0.2) is 89.9 Å². The monoisotopic (exact) mass is 914 g/mol. The van der Waals surface area contributed by atoms with E-state index in [1.165, 1.54) is 0 Å². The standard InChI is InChI=1S/C36H50N10O4.2C2HF3O2/c37-19-23-43-35(49)41-20-7-8-21-42-36(50)45-25-27-17-15-26(16-18-27)24-44-32(47)30(14-9-22-40-34(38)39)46-33(48)31(28-10-3-1-4-11-28)29-12-5-2-6-13-29;2*3-2(4,5)1(6)7/h1-6,10-13,15-18,30-31H,7-9,14,19-25,37H2,(H,44,47)(H,46,48)(H4,38,39,40)(H2,41,43,49)(H2,42,45,50);2*(H,6,7)/t30-;;/m1../s1. The van der Waals surface area contributed by atoms with Gasteiger partial charge in [0.25, 0.3) is 0 Å². The molecule has 3 aromatic rings. The van der Waals surface area contributed by atoms with Gasteiger partial charge in [-0.15, -0.1) is 0 Å². The van der Waals surface area contributed by atoms with Gasteiger partial charge in [-0.25, -0.2) is 19.2 Å². The number of aliphatic carboxylic acids is 2. The number of rotatable bonds is 20. The van der Waals surface area contributed by atoms with Crippen LogP contribution in [0, 0.1) is 0 Å². The first-order chi connectivity index (χ1) is 30.1. The lowest BCUT2D eigenvalue weighted by Crippen LogP contribution is -2.48. The average molecular weight is 915 g/mol. The number of hydrogen-bond acceptors (Lipinski definition) is 8. The van der Waals surface area contributed by atoms with Crippen molar-refractivity contribution in [3.63, 3.8) is 0 Å². The molecular weight excluding hydrogens is 862 g/mol. The van der Waals surface area contributed by atoms with Crippen LogP contribution in [0.5, 0.6) is 0 Å². The zero-order valence-electron chi connectivity index (χ0n) is 34.3. The molecule has 0 saturated carbocycles. The summed E-state index contributed by atoms with van der Waals surface area (Å²) in [4.78, 5) is 72.7. The van der Waals surface area contributed by atoms with Crippen LogP contribution in [0.25, 0.3) is 0 Å². The van der Waals surface area contributed by atoms with E-state index in [1.807, 2.05) is 84.9 Å². The van der Waals surface area contributed by atoms with Crippen LogP contribution in [0.4, 0.5) is 35.9 Å². The van der Waals surface area contributed by atoms with Gasteiger partial charge in [0.05, 0.1) is 5.92 Å². The van der Waals surface area contributed by atoms with Crippen LogP contribution >= 0.6 is 0 Å². The topological polar surface area (TPSA) is 305 Å². The van der Waals surface area contributed by atoms with Gasteiger partial charge in [0.2, 0.25) is 11.8 Å². The number of nitrogens with one attached hydrogen (secondary N) is 6. The Hall–Kier alpha value is -7.11. The van der Waals surface area contributed by atoms with E-state index in [4.69, 9.17) is 37.0 Å². The molecule has 18 nitrogen and oxygen atoms in total. The minimum Gasteiger partial charge on any atom is -0.475 e. The van der Waals surface area contributed by atoms with Crippen molar-refractivity contribution in [3.05, 3.63) is 107 Å². The number of nitrogens with zero attached hydrogens (tertiary/aromatic N) is 1. The number of carboxylic acid groups (broad SMARTS) is 2. The molecule has 0 radical (unpaired) electrons. The molecule has 0 aliphatic rings. The lowest BCUT2D eigenvalue weighted by atomic mass is 9.90. The van der Waals surface area contributed by atoms with Gasteiger partial charge in [-0.1, -0.05) is 84.9 Å². The fourth-order valence-corrected chi connectivity index (χ4v) is 5.05. The summed E-state index contributed by atoms with van der Waals surface area (Å²) in [5, 5.41) is 31.2. The van der Waals surface area contributed by atoms with Gasteiger partial charge in [-0.05, 0) is 47.9 Å². The highest BCUT2D eigenvalue weighted by Crippen LogP contribution is 2.25. The van der Waals surface area contributed by atoms with E-state index in [2.05, 4.69) is 36.9 Å². The smallest absolute Gasteiger partial charge is 0.475 e. The zero-order valence-corrected chi connectivity index (χ0v) is 34.3. The third-order valence-corrected chi connectivity index (χ3v) is 8.14. The molecule has 0 aromatic heterocycles. The van der Waals surface area contributed by atoms with Gasteiger partial charge in [0, 0.05) is 45.8 Å². The number of urea groups is 2. The Labute approximate surface area is 363 Å². The number of amides is 6. The van der Waals surface area contributed by atoms with Crippen LogP contribution in [-0.4, -0.2) is 103 Å². The Morgan fingerprint density at radius 1 is 0.578 bits per heavy atom. The molecule has 0 aliphatic heterocycles. The van der Waals surface area contributed by atoms with Crippen molar-refractivity contribution < 1.29 is 65.3 Å². The summed E-state index contributed by atoms with van der Waals surface area (Å²) >= 11 is 0. The second kappa shape index (κ2) is 29.2. The molecule has 352 valence electrons. The molecule has 0 spiro atoms. The van der Waals surface area contributed by atoms with E-state index in [-0.39, 0.29) is 36.4 Å². The van der Waals surface area contributed by atoms with E-state index < -0.39 is 36.3 Å². The molecule has 64 heavy (non-hydrogen) atoms. The fraction of sp³-hybridized carbons (Fsp3) is 0.375. The van der Waals surface area contributed by atoms with Crippen molar-refractivity contribution in [2.24, 2.45) is 22.2 Å². The number of carbonyl (C=O) groups is 6. The molecule has 24 heteroatoms. The maximum atomic E-state index is 13.8. The molecular formula is C40H52F6N10O8. The summed E-state index contributed by atoms with van der Waals surface area (Å²) in [5.74, 6) is -6.76. The molecule has 0 fully saturated rings.